The molecule has 1 fully saturated rings. The molecule has 0 aliphatic carbocycles. The summed E-state index contributed by atoms with van der Waals surface area (Å²) < 4.78 is 10.3. The second kappa shape index (κ2) is 4.71. The Hall–Kier alpha value is -1.62. The number of methoxy groups -OCH3 is 2. The zero-order valence-electron chi connectivity index (χ0n) is 9.62. The molecule has 1 aromatic carbocycles. The van der Waals surface area contributed by atoms with Gasteiger partial charge in [0.25, 0.3) is 0 Å². The van der Waals surface area contributed by atoms with Crippen molar-refractivity contribution in [3.63, 3.8) is 0 Å². The lowest BCUT2D eigenvalue weighted by Gasteiger charge is -2.19. The molecule has 0 unspecified atom stereocenters. The van der Waals surface area contributed by atoms with Gasteiger partial charge in [0.1, 0.15) is 11.5 Å². The Balaban J connectivity index is 2.45. The van der Waals surface area contributed by atoms with Gasteiger partial charge in [-0.05, 0) is 6.07 Å². The number of amides is 2. The first-order valence-electron chi connectivity index (χ1n) is 5.14. The molecule has 2 amide bonds. The predicted octanol–water partition coefficient (Wildman–Crippen LogP) is 1.89. The Kier molecular flexibility index (Phi) is 3.28. The molecule has 1 aliphatic heterocycles. The van der Waals surface area contributed by atoms with Crippen LogP contribution in [0.4, 0.5) is 10.5 Å². The van der Waals surface area contributed by atoms with Gasteiger partial charge in [0.2, 0.25) is 0 Å². The van der Waals surface area contributed by atoms with Gasteiger partial charge in [0.05, 0.1) is 24.9 Å². The Morgan fingerprint density at radius 2 is 2.00 bits per heavy atom. The van der Waals surface area contributed by atoms with Crippen LogP contribution in [0.5, 0.6) is 11.5 Å². The van der Waals surface area contributed by atoms with E-state index >= 15 is 0 Å². The number of nitrogens with zero attached hydrogens (tertiary/aromatic N) is 1. The SMILES string of the molecule is COc1cc(OC)c(N2CCNC2=O)cc1Cl. The summed E-state index contributed by atoms with van der Waals surface area (Å²) in [7, 11) is 3.07. The van der Waals surface area contributed by atoms with Gasteiger partial charge in [-0.2, -0.15) is 0 Å². The zero-order chi connectivity index (χ0) is 12.4. The van der Waals surface area contributed by atoms with Crippen molar-refractivity contribution in [2.24, 2.45) is 0 Å². The van der Waals surface area contributed by atoms with Gasteiger partial charge in [-0.15, -0.1) is 0 Å². The highest BCUT2D eigenvalue weighted by molar-refractivity contribution is 6.32. The monoisotopic (exact) mass is 256 g/mol. The minimum atomic E-state index is -0.149. The van der Waals surface area contributed by atoms with Gasteiger partial charge < -0.3 is 14.8 Å². The first-order valence-corrected chi connectivity index (χ1v) is 5.52. The van der Waals surface area contributed by atoms with E-state index in [0.717, 1.165) is 0 Å². The second-order valence-corrected chi connectivity index (χ2v) is 3.95. The van der Waals surface area contributed by atoms with Crippen molar-refractivity contribution in [1.82, 2.24) is 5.32 Å². The molecular formula is C11H13ClN2O3. The molecule has 1 aromatic rings. The molecule has 0 radical (unpaired) electrons. The van der Waals surface area contributed by atoms with E-state index in [4.69, 9.17) is 21.1 Å². The Morgan fingerprint density at radius 3 is 2.53 bits per heavy atom. The van der Waals surface area contributed by atoms with Gasteiger partial charge in [0.15, 0.2) is 0 Å². The maximum absolute atomic E-state index is 11.6. The molecular weight excluding hydrogens is 244 g/mol. The second-order valence-electron chi connectivity index (χ2n) is 3.54. The average Bonchev–Trinajstić information content (AvgIpc) is 2.75. The minimum absolute atomic E-state index is 0.149. The Bertz CT molecular complexity index is 451. The molecule has 0 bridgehead atoms. The molecule has 92 valence electrons. The van der Waals surface area contributed by atoms with Gasteiger partial charge in [-0.3, -0.25) is 4.90 Å². The van der Waals surface area contributed by atoms with Crippen LogP contribution in [0.15, 0.2) is 12.1 Å². The summed E-state index contributed by atoms with van der Waals surface area (Å²) in [6.45, 7) is 1.21. The number of benzene rings is 1. The number of halogens is 1. The summed E-state index contributed by atoms with van der Waals surface area (Å²) in [5, 5.41) is 3.17. The minimum Gasteiger partial charge on any atom is -0.495 e. The van der Waals surface area contributed by atoms with E-state index in [1.54, 1.807) is 24.1 Å². The van der Waals surface area contributed by atoms with Crippen LogP contribution in [0, 0.1) is 0 Å². The molecule has 17 heavy (non-hydrogen) atoms. The molecule has 5 nitrogen and oxygen atoms in total. The number of carbonyl (C=O) groups is 1. The lowest BCUT2D eigenvalue weighted by Crippen LogP contribution is -2.28. The number of urea groups is 1. The summed E-state index contributed by atoms with van der Waals surface area (Å²) in [5.41, 5.74) is 0.647. The van der Waals surface area contributed by atoms with E-state index in [-0.39, 0.29) is 6.03 Å². The molecule has 0 spiro atoms. The number of hydrogen-bond donors (Lipinski definition) is 1. The molecule has 1 heterocycles. The maximum Gasteiger partial charge on any atom is 0.322 e. The standard InChI is InChI=1S/C11H13ClN2O3/c1-16-9-6-10(17-2)8(5-7(9)12)14-4-3-13-11(14)15/h5-6H,3-4H2,1-2H3,(H,13,15). The number of ether oxygens (including phenoxy) is 2. The third kappa shape index (κ3) is 2.10. The van der Waals surface area contributed by atoms with Crippen molar-refractivity contribution >= 4 is 23.3 Å². The van der Waals surface area contributed by atoms with E-state index < -0.39 is 0 Å². The lowest BCUT2D eigenvalue weighted by atomic mass is 10.2. The van der Waals surface area contributed by atoms with Crippen molar-refractivity contribution in [3.05, 3.63) is 17.2 Å². The highest BCUT2D eigenvalue weighted by Gasteiger charge is 2.25. The molecule has 0 atom stereocenters. The molecule has 0 saturated carbocycles. The third-order valence-electron chi connectivity index (χ3n) is 2.60. The van der Waals surface area contributed by atoms with Crippen LogP contribution in [-0.4, -0.2) is 33.3 Å². The third-order valence-corrected chi connectivity index (χ3v) is 2.90. The number of anilines is 1. The van der Waals surface area contributed by atoms with Crippen molar-refractivity contribution in [1.29, 1.82) is 0 Å². The Morgan fingerprint density at radius 1 is 1.29 bits per heavy atom. The van der Waals surface area contributed by atoms with Crippen LogP contribution in [-0.2, 0) is 0 Å². The van der Waals surface area contributed by atoms with Gasteiger partial charge in [-0.1, -0.05) is 11.6 Å². The van der Waals surface area contributed by atoms with Gasteiger partial charge in [-0.25, -0.2) is 4.79 Å². The highest BCUT2D eigenvalue weighted by atomic mass is 35.5. The number of rotatable bonds is 3. The average molecular weight is 257 g/mol. The smallest absolute Gasteiger partial charge is 0.322 e. The summed E-state index contributed by atoms with van der Waals surface area (Å²) >= 11 is 6.05. The van der Waals surface area contributed by atoms with Crippen LogP contribution < -0.4 is 19.7 Å². The summed E-state index contributed by atoms with van der Waals surface area (Å²) in [6, 6.07) is 3.19. The summed E-state index contributed by atoms with van der Waals surface area (Å²) in [6.07, 6.45) is 0. The normalized spacial score (nSPS) is 14.8. The first-order chi connectivity index (χ1) is 8.17. The van der Waals surface area contributed by atoms with Crippen molar-refractivity contribution < 1.29 is 14.3 Å². The molecule has 1 aliphatic rings. The van der Waals surface area contributed by atoms with Gasteiger partial charge >= 0.3 is 6.03 Å². The van der Waals surface area contributed by atoms with Crippen LogP contribution in [0.25, 0.3) is 0 Å². The number of hydrogen-bond acceptors (Lipinski definition) is 3. The summed E-state index contributed by atoms with van der Waals surface area (Å²) in [5.74, 6) is 1.08. The number of carbonyl (C=O) groups excluding carboxylic acids is 1. The fourth-order valence-corrected chi connectivity index (χ4v) is 1.99. The molecule has 6 heteroatoms. The van der Waals surface area contributed by atoms with Crippen LogP contribution in [0.2, 0.25) is 5.02 Å². The fourth-order valence-electron chi connectivity index (χ4n) is 1.76. The topological polar surface area (TPSA) is 50.8 Å². The van der Waals surface area contributed by atoms with Crippen LogP contribution in [0.1, 0.15) is 0 Å². The first kappa shape index (κ1) is 11.9. The Labute approximate surface area is 104 Å². The molecule has 0 aromatic heterocycles. The molecule has 1 saturated heterocycles. The molecule has 1 N–H and O–H groups in total. The highest BCUT2D eigenvalue weighted by Crippen LogP contribution is 2.38. The van der Waals surface area contributed by atoms with E-state index in [1.165, 1.54) is 7.11 Å². The van der Waals surface area contributed by atoms with Crippen molar-refractivity contribution in [2.45, 2.75) is 0 Å². The van der Waals surface area contributed by atoms with E-state index in [1.807, 2.05) is 0 Å². The largest absolute Gasteiger partial charge is 0.495 e. The van der Waals surface area contributed by atoms with E-state index in [0.29, 0.717) is 35.3 Å². The number of nitrogens with one attached hydrogen (secondary N) is 1. The summed E-state index contributed by atoms with van der Waals surface area (Å²) in [4.78, 5) is 13.2. The van der Waals surface area contributed by atoms with E-state index in [2.05, 4.69) is 5.32 Å². The van der Waals surface area contributed by atoms with Crippen LogP contribution in [0.3, 0.4) is 0 Å². The van der Waals surface area contributed by atoms with E-state index in [9.17, 15) is 4.79 Å². The van der Waals surface area contributed by atoms with Crippen LogP contribution >= 0.6 is 11.6 Å². The predicted molar refractivity (Wildman–Crippen MR) is 65.3 cm³/mol. The fraction of sp³-hybridized carbons (Fsp3) is 0.364. The maximum atomic E-state index is 11.6. The molecule has 2 rings (SSSR count). The zero-order valence-corrected chi connectivity index (χ0v) is 10.4. The lowest BCUT2D eigenvalue weighted by molar-refractivity contribution is 0.252. The quantitative estimate of drug-likeness (QED) is 0.899. The van der Waals surface area contributed by atoms with Crippen molar-refractivity contribution in [2.75, 3.05) is 32.2 Å². The van der Waals surface area contributed by atoms with Gasteiger partial charge in [0, 0.05) is 19.2 Å². The van der Waals surface area contributed by atoms with Crippen molar-refractivity contribution in [3.8, 4) is 11.5 Å².